The number of nitrogens with one attached hydrogen (secondary N) is 2. The van der Waals surface area contributed by atoms with Crippen LogP contribution < -0.4 is 5.32 Å². The van der Waals surface area contributed by atoms with Gasteiger partial charge in [0.15, 0.2) is 0 Å². The minimum atomic E-state index is -2.70. The minimum absolute atomic E-state index is 0.129. The Kier molecular flexibility index (Phi) is 3.97. The van der Waals surface area contributed by atoms with Crippen LogP contribution in [0.2, 0.25) is 0 Å². The molecular formula is C8H13F2N3O. The average Bonchev–Trinajstić information content (AvgIpc) is 2.51. The summed E-state index contributed by atoms with van der Waals surface area (Å²) in [6.07, 6.45) is -2.69. The third kappa shape index (κ3) is 3.39. The second kappa shape index (κ2) is 5.02. The van der Waals surface area contributed by atoms with Gasteiger partial charge in [-0.3, -0.25) is 0 Å². The number of aryl methyl sites for hydroxylation is 1. The lowest BCUT2D eigenvalue weighted by Crippen LogP contribution is -2.31. The Bertz CT molecular complexity index is 277. The molecule has 0 spiro atoms. The third-order valence-electron chi connectivity index (χ3n) is 1.72. The second-order valence-electron chi connectivity index (χ2n) is 3.03. The van der Waals surface area contributed by atoms with Crippen molar-refractivity contribution in [2.75, 3.05) is 6.54 Å². The molecule has 1 aromatic rings. The van der Waals surface area contributed by atoms with E-state index in [4.69, 9.17) is 5.11 Å². The topological polar surface area (TPSA) is 60.9 Å². The van der Waals surface area contributed by atoms with Crippen molar-refractivity contribution >= 4 is 0 Å². The highest BCUT2D eigenvalue weighted by Gasteiger charge is 2.15. The van der Waals surface area contributed by atoms with E-state index in [-0.39, 0.29) is 6.54 Å². The molecule has 1 heterocycles. The number of aromatic amines is 1. The molecule has 0 saturated heterocycles. The normalized spacial score (nSPS) is 13.5. The predicted molar refractivity (Wildman–Crippen MR) is 47.0 cm³/mol. The molecule has 0 saturated carbocycles. The van der Waals surface area contributed by atoms with Crippen molar-refractivity contribution in [1.29, 1.82) is 0 Å². The van der Waals surface area contributed by atoms with Gasteiger partial charge < -0.3 is 15.4 Å². The number of imidazole rings is 1. The van der Waals surface area contributed by atoms with Crippen molar-refractivity contribution in [3.63, 3.8) is 0 Å². The molecule has 80 valence electrons. The SMILES string of the molecule is Cc1ncc(CNCC(O)C(F)F)[nH]1. The van der Waals surface area contributed by atoms with Crippen molar-refractivity contribution in [2.45, 2.75) is 26.0 Å². The molecule has 4 nitrogen and oxygen atoms in total. The van der Waals surface area contributed by atoms with E-state index in [1.54, 1.807) is 13.1 Å². The maximum atomic E-state index is 11.8. The van der Waals surface area contributed by atoms with Crippen molar-refractivity contribution in [3.8, 4) is 0 Å². The van der Waals surface area contributed by atoms with Gasteiger partial charge in [0.2, 0.25) is 0 Å². The van der Waals surface area contributed by atoms with Gasteiger partial charge in [0.1, 0.15) is 11.9 Å². The Morgan fingerprint density at radius 2 is 2.36 bits per heavy atom. The molecule has 0 aliphatic heterocycles. The van der Waals surface area contributed by atoms with E-state index in [9.17, 15) is 8.78 Å². The first-order chi connectivity index (χ1) is 6.59. The van der Waals surface area contributed by atoms with Crippen LogP contribution in [-0.2, 0) is 6.54 Å². The molecule has 0 aromatic carbocycles. The van der Waals surface area contributed by atoms with Crippen molar-refractivity contribution in [1.82, 2.24) is 15.3 Å². The van der Waals surface area contributed by atoms with Crippen LogP contribution in [0.3, 0.4) is 0 Å². The number of aliphatic hydroxyl groups is 1. The fourth-order valence-electron chi connectivity index (χ4n) is 1.01. The average molecular weight is 205 g/mol. The van der Waals surface area contributed by atoms with Crippen molar-refractivity contribution in [3.05, 3.63) is 17.7 Å². The first-order valence-corrected chi connectivity index (χ1v) is 4.27. The Labute approximate surface area is 80.4 Å². The number of aliphatic hydroxyl groups excluding tert-OH is 1. The van der Waals surface area contributed by atoms with Gasteiger partial charge in [-0.05, 0) is 6.92 Å². The van der Waals surface area contributed by atoms with Crippen LogP contribution in [0.15, 0.2) is 6.20 Å². The highest BCUT2D eigenvalue weighted by atomic mass is 19.3. The molecule has 1 rings (SSSR count). The van der Waals surface area contributed by atoms with Crippen LogP contribution in [0.4, 0.5) is 8.78 Å². The lowest BCUT2D eigenvalue weighted by atomic mass is 10.3. The number of halogens is 2. The Morgan fingerprint density at radius 3 is 2.86 bits per heavy atom. The fourth-order valence-corrected chi connectivity index (χ4v) is 1.01. The van der Waals surface area contributed by atoms with Gasteiger partial charge in [-0.25, -0.2) is 13.8 Å². The molecule has 0 fully saturated rings. The number of H-pyrrole nitrogens is 1. The van der Waals surface area contributed by atoms with Crippen molar-refractivity contribution < 1.29 is 13.9 Å². The molecule has 1 unspecified atom stereocenters. The first kappa shape index (κ1) is 11.1. The highest BCUT2D eigenvalue weighted by molar-refractivity contribution is 4.99. The van der Waals surface area contributed by atoms with Crippen molar-refractivity contribution in [2.24, 2.45) is 0 Å². The smallest absolute Gasteiger partial charge is 0.265 e. The third-order valence-corrected chi connectivity index (χ3v) is 1.72. The van der Waals surface area contributed by atoms with Crippen LogP contribution in [0.25, 0.3) is 0 Å². The largest absolute Gasteiger partial charge is 0.386 e. The lowest BCUT2D eigenvalue weighted by molar-refractivity contribution is -0.00344. The minimum Gasteiger partial charge on any atom is -0.386 e. The molecule has 0 bridgehead atoms. The van der Waals surface area contributed by atoms with Gasteiger partial charge in [-0.15, -0.1) is 0 Å². The van der Waals surface area contributed by atoms with Gasteiger partial charge in [-0.1, -0.05) is 0 Å². The molecule has 3 N–H and O–H groups in total. The van der Waals surface area contributed by atoms with E-state index in [0.29, 0.717) is 6.54 Å². The standard InChI is InChI=1S/C8H13F2N3O/c1-5-12-3-6(13-5)2-11-4-7(14)8(9)10/h3,7-8,11,14H,2,4H2,1H3,(H,12,13). The van der Waals surface area contributed by atoms with Gasteiger partial charge in [0.05, 0.1) is 0 Å². The second-order valence-corrected chi connectivity index (χ2v) is 3.03. The molecule has 1 atom stereocenters. The quantitative estimate of drug-likeness (QED) is 0.653. The zero-order valence-electron chi connectivity index (χ0n) is 7.80. The van der Waals surface area contributed by atoms with Gasteiger partial charge in [-0.2, -0.15) is 0 Å². The van der Waals surface area contributed by atoms with E-state index in [1.165, 1.54) is 0 Å². The predicted octanol–water partition coefficient (Wildman–Crippen LogP) is 0.434. The van der Waals surface area contributed by atoms with Crippen LogP contribution in [0.5, 0.6) is 0 Å². The maximum Gasteiger partial charge on any atom is 0.265 e. The Hall–Kier alpha value is -1.01. The molecule has 0 aliphatic carbocycles. The molecule has 0 radical (unpaired) electrons. The number of aromatic nitrogens is 2. The lowest BCUT2D eigenvalue weighted by Gasteiger charge is -2.09. The molecule has 14 heavy (non-hydrogen) atoms. The van der Waals surface area contributed by atoms with E-state index in [0.717, 1.165) is 11.5 Å². The molecule has 1 aromatic heterocycles. The van der Waals surface area contributed by atoms with Crippen LogP contribution >= 0.6 is 0 Å². The monoisotopic (exact) mass is 205 g/mol. The van der Waals surface area contributed by atoms with E-state index in [2.05, 4.69) is 15.3 Å². The fraction of sp³-hybridized carbons (Fsp3) is 0.625. The van der Waals surface area contributed by atoms with E-state index < -0.39 is 12.5 Å². The summed E-state index contributed by atoms with van der Waals surface area (Å²) in [4.78, 5) is 6.88. The van der Waals surface area contributed by atoms with E-state index >= 15 is 0 Å². The molecule has 0 aliphatic rings. The molecular weight excluding hydrogens is 192 g/mol. The van der Waals surface area contributed by atoms with Gasteiger partial charge >= 0.3 is 0 Å². The van der Waals surface area contributed by atoms with Gasteiger partial charge in [0, 0.05) is 25.0 Å². The number of nitrogens with zero attached hydrogens (tertiary/aromatic N) is 1. The summed E-state index contributed by atoms with van der Waals surface area (Å²) in [7, 11) is 0. The summed E-state index contributed by atoms with van der Waals surface area (Å²) in [5.74, 6) is 0.774. The summed E-state index contributed by atoms with van der Waals surface area (Å²) in [6.45, 7) is 2.07. The summed E-state index contributed by atoms with van der Waals surface area (Å²) in [6, 6.07) is 0. The van der Waals surface area contributed by atoms with Crippen LogP contribution in [0, 0.1) is 6.92 Å². The number of rotatable bonds is 5. The van der Waals surface area contributed by atoms with Gasteiger partial charge in [0.25, 0.3) is 6.43 Å². The number of hydrogen-bond acceptors (Lipinski definition) is 3. The van der Waals surface area contributed by atoms with Crippen LogP contribution in [0.1, 0.15) is 11.5 Å². The molecule has 0 amide bonds. The maximum absolute atomic E-state index is 11.8. The summed E-state index contributed by atoms with van der Waals surface area (Å²) >= 11 is 0. The Balaban J connectivity index is 2.22. The summed E-state index contributed by atoms with van der Waals surface area (Å²) < 4.78 is 23.7. The molecule has 6 heteroatoms. The zero-order valence-corrected chi connectivity index (χ0v) is 7.80. The summed E-state index contributed by atoms with van der Waals surface area (Å²) in [5.41, 5.74) is 0.809. The van der Waals surface area contributed by atoms with E-state index in [1.807, 2.05) is 0 Å². The number of alkyl halides is 2. The number of hydrogen-bond donors (Lipinski definition) is 3. The van der Waals surface area contributed by atoms with Crippen LogP contribution in [-0.4, -0.2) is 34.1 Å². The summed E-state index contributed by atoms with van der Waals surface area (Å²) in [5, 5.41) is 11.5. The first-order valence-electron chi connectivity index (χ1n) is 4.27. The Morgan fingerprint density at radius 1 is 1.64 bits per heavy atom. The highest BCUT2D eigenvalue weighted by Crippen LogP contribution is 1.99. The zero-order chi connectivity index (χ0) is 10.6.